The minimum absolute atomic E-state index is 0.0815. The van der Waals surface area contributed by atoms with Gasteiger partial charge in [-0.25, -0.2) is 0 Å². The van der Waals surface area contributed by atoms with E-state index in [0.717, 1.165) is 25.7 Å². The molecule has 3 N–H and O–H groups in total. The highest BCUT2D eigenvalue weighted by Gasteiger charge is 2.40. The molecule has 0 aliphatic heterocycles. The van der Waals surface area contributed by atoms with Crippen LogP contribution in [0.3, 0.4) is 0 Å². The van der Waals surface area contributed by atoms with E-state index in [1.54, 1.807) is 0 Å². The van der Waals surface area contributed by atoms with Crippen LogP contribution in [-0.2, 0) is 9.59 Å². The van der Waals surface area contributed by atoms with Gasteiger partial charge in [0.25, 0.3) is 0 Å². The molecular weight excluding hydrogens is 268 g/mol. The van der Waals surface area contributed by atoms with E-state index in [2.05, 4.69) is 0 Å². The Labute approximate surface area is 127 Å². The molecule has 0 atom stereocenters. The lowest BCUT2D eigenvalue weighted by Crippen LogP contribution is -2.50. The number of carbonyl (C=O) groups excluding carboxylic acids is 1. The lowest BCUT2D eigenvalue weighted by Gasteiger charge is -2.38. The van der Waals surface area contributed by atoms with Gasteiger partial charge < -0.3 is 15.7 Å². The van der Waals surface area contributed by atoms with Crippen LogP contribution in [-0.4, -0.2) is 41.0 Å². The molecule has 5 nitrogen and oxygen atoms in total. The monoisotopic (exact) mass is 298 g/mol. The molecule has 122 valence electrons. The number of carboxylic acid groups (broad SMARTS) is 1. The first-order valence-corrected chi connectivity index (χ1v) is 8.16. The van der Waals surface area contributed by atoms with Crippen LogP contribution in [0.2, 0.25) is 0 Å². The van der Waals surface area contributed by atoms with Gasteiger partial charge in [-0.05, 0) is 33.1 Å². The first-order valence-electron chi connectivity index (χ1n) is 8.16. The van der Waals surface area contributed by atoms with Gasteiger partial charge >= 0.3 is 5.97 Å². The molecule has 0 spiro atoms. The molecule has 1 fully saturated rings. The Morgan fingerprint density at radius 2 is 1.76 bits per heavy atom. The fraction of sp³-hybridized carbons (Fsp3) is 0.875. The zero-order valence-electron chi connectivity index (χ0n) is 13.4. The summed E-state index contributed by atoms with van der Waals surface area (Å²) in [4.78, 5) is 25.5. The number of hydrogen-bond acceptors (Lipinski definition) is 3. The second-order valence-corrected chi connectivity index (χ2v) is 6.49. The van der Waals surface area contributed by atoms with E-state index in [4.69, 9.17) is 10.8 Å². The maximum absolute atomic E-state index is 13.0. The Balaban J connectivity index is 2.78. The fourth-order valence-corrected chi connectivity index (χ4v) is 3.21. The fourth-order valence-electron chi connectivity index (χ4n) is 3.21. The molecule has 0 unspecified atom stereocenters. The molecule has 21 heavy (non-hydrogen) atoms. The van der Waals surface area contributed by atoms with Gasteiger partial charge in [0.15, 0.2) is 0 Å². The average Bonchev–Trinajstić information content (AvgIpc) is 2.68. The molecule has 1 saturated carbocycles. The van der Waals surface area contributed by atoms with Crippen LogP contribution < -0.4 is 5.73 Å². The molecule has 0 saturated heterocycles. The van der Waals surface area contributed by atoms with E-state index in [1.807, 2.05) is 18.7 Å². The van der Waals surface area contributed by atoms with Gasteiger partial charge in [0.2, 0.25) is 5.91 Å². The standard InChI is InChI=1S/C16H30N2O3/c1-13(2)18(11-7-8-14(19)20)15(21)16(12-17)9-5-3-4-6-10-16/h13H,3-12,17H2,1-2H3,(H,19,20). The minimum atomic E-state index is -0.811. The van der Waals surface area contributed by atoms with E-state index in [9.17, 15) is 9.59 Å². The maximum Gasteiger partial charge on any atom is 0.303 e. The van der Waals surface area contributed by atoms with Crippen molar-refractivity contribution in [2.75, 3.05) is 13.1 Å². The highest BCUT2D eigenvalue weighted by atomic mass is 16.4. The predicted octanol–water partition coefficient (Wildman–Crippen LogP) is 2.39. The SMILES string of the molecule is CC(C)N(CCCC(=O)O)C(=O)C1(CN)CCCCCC1. The maximum atomic E-state index is 13.0. The van der Waals surface area contributed by atoms with E-state index < -0.39 is 11.4 Å². The molecule has 0 heterocycles. The summed E-state index contributed by atoms with van der Waals surface area (Å²) >= 11 is 0. The normalized spacial score (nSPS) is 18.3. The van der Waals surface area contributed by atoms with Crippen molar-refractivity contribution in [2.24, 2.45) is 11.1 Å². The molecular formula is C16H30N2O3. The summed E-state index contributed by atoms with van der Waals surface area (Å²) in [6.07, 6.45) is 6.81. The summed E-state index contributed by atoms with van der Waals surface area (Å²) in [5.41, 5.74) is 5.56. The van der Waals surface area contributed by atoms with Gasteiger partial charge in [0.05, 0.1) is 5.41 Å². The Kier molecular flexibility index (Phi) is 7.15. The lowest BCUT2D eigenvalue weighted by atomic mass is 9.78. The van der Waals surface area contributed by atoms with Crippen LogP contribution in [0.1, 0.15) is 65.2 Å². The Bertz CT molecular complexity index is 347. The summed E-state index contributed by atoms with van der Waals surface area (Å²) in [5, 5.41) is 8.76. The number of nitrogens with two attached hydrogens (primary N) is 1. The van der Waals surface area contributed by atoms with Gasteiger partial charge in [0.1, 0.15) is 0 Å². The van der Waals surface area contributed by atoms with Gasteiger partial charge in [-0.2, -0.15) is 0 Å². The zero-order chi connectivity index (χ0) is 15.9. The van der Waals surface area contributed by atoms with Crippen molar-refractivity contribution >= 4 is 11.9 Å². The van der Waals surface area contributed by atoms with Crippen molar-refractivity contribution in [1.82, 2.24) is 4.90 Å². The predicted molar refractivity (Wildman–Crippen MR) is 82.9 cm³/mol. The van der Waals surface area contributed by atoms with Crippen molar-refractivity contribution in [1.29, 1.82) is 0 Å². The van der Waals surface area contributed by atoms with Crippen molar-refractivity contribution in [2.45, 2.75) is 71.3 Å². The number of rotatable bonds is 7. The van der Waals surface area contributed by atoms with Gasteiger partial charge in [-0.3, -0.25) is 9.59 Å². The number of carbonyl (C=O) groups is 2. The van der Waals surface area contributed by atoms with Crippen molar-refractivity contribution in [3.8, 4) is 0 Å². The van der Waals surface area contributed by atoms with Crippen molar-refractivity contribution < 1.29 is 14.7 Å². The number of aliphatic carboxylic acids is 1. The second kappa shape index (κ2) is 8.37. The molecule has 1 rings (SSSR count). The van der Waals surface area contributed by atoms with E-state index in [-0.39, 0.29) is 18.4 Å². The first kappa shape index (κ1) is 18.0. The Hall–Kier alpha value is -1.10. The van der Waals surface area contributed by atoms with Crippen molar-refractivity contribution in [3.63, 3.8) is 0 Å². The topological polar surface area (TPSA) is 83.6 Å². The Morgan fingerprint density at radius 1 is 1.19 bits per heavy atom. The largest absolute Gasteiger partial charge is 0.481 e. The molecule has 1 amide bonds. The lowest BCUT2D eigenvalue weighted by molar-refractivity contribution is -0.145. The third-order valence-electron chi connectivity index (χ3n) is 4.58. The molecule has 1 aliphatic carbocycles. The van der Waals surface area contributed by atoms with Crippen LogP contribution in [0.4, 0.5) is 0 Å². The third kappa shape index (κ3) is 4.99. The average molecular weight is 298 g/mol. The van der Waals surface area contributed by atoms with Crippen LogP contribution >= 0.6 is 0 Å². The van der Waals surface area contributed by atoms with Crippen molar-refractivity contribution in [3.05, 3.63) is 0 Å². The minimum Gasteiger partial charge on any atom is -0.481 e. The van der Waals surface area contributed by atoms with E-state index >= 15 is 0 Å². The molecule has 0 aromatic carbocycles. The number of amides is 1. The molecule has 0 radical (unpaired) electrons. The van der Waals surface area contributed by atoms with Crippen LogP contribution in [0.25, 0.3) is 0 Å². The number of nitrogens with zero attached hydrogens (tertiary/aromatic N) is 1. The van der Waals surface area contributed by atoms with Gasteiger partial charge in [-0.1, -0.05) is 25.7 Å². The summed E-state index contributed by atoms with van der Waals surface area (Å²) in [5.74, 6) is -0.679. The summed E-state index contributed by atoms with van der Waals surface area (Å²) in [7, 11) is 0. The van der Waals surface area contributed by atoms with Crippen LogP contribution in [0.5, 0.6) is 0 Å². The second-order valence-electron chi connectivity index (χ2n) is 6.49. The van der Waals surface area contributed by atoms with Gasteiger partial charge in [-0.15, -0.1) is 0 Å². The summed E-state index contributed by atoms with van der Waals surface area (Å²) in [6, 6.07) is 0.0815. The van der Waals surface area contributed by atoms with Crippen LogP contribution in [0.15, 0.2) is 0 Å². The molecule has 5 heteroatoms. The third-order valence-corrected chi connectivity index (χ3v) is 4.58. The van der Waals surface area contributed by atoms with Gasteiger partial charge in [0, 0.05) is 25.6 Å². The molecule has 0 bridgehead atoms. The first-order chi connectivity index (χ1) is 9.93. The smallest absolute Gasteiger partial charge is 0.303 e. The highest BCUT2D eigenvalue weighted by molar-refractivity contribution is 5.83. The highest BCUT2D eigenvalue weighted by Crippen LogP contribution is 2.36. The number of hydrogen-bond donors (Lipinski definition) is 2. The number of carboxylic acids is 1. The van der Waals surface area contributed by atoms with Crippen LogP contribution in [0, 0.1) is 5.41 Å². The zero-order valence-corrected chi connectivity index (χ0v) is 13.4. The molecule has 0 aromatic heterocycles. The molecule has 0 aromatic rings. The Morgan fingerprint density at radius 3 is 2.19 bits per heavy atom. The summed E-state index contributed by atoms with van der Waals surface area (Å²) < 4.78 is 0. The van der Waals surface area contributed by atoms with E-state index in [0.29, 0.717) is 19.5 Å². The van der Waals surface area contributed by atoms with E-state index in [1.165, 1.54) is 12.8 Å². The summed E-state index contributed by atoms with van der Waals surface area (Å²) in [6.45, 7) is 4.87. The quantitative estimate of drug-likeness (QED) is 0.707. The molecule has 1 aliphatic rings.